The van der Waals surface area contributed by atoms with Gasteiger partial charge in [0, 0.05) is 23.8 Å². The van der Waals surface area contributed by atoms with Gasteiger partial charge in [-0.3, -0.25) is 40.7 Å². The van der Waals surface area contributed by atoms with Crippen LogP contribution in [0.1, 0.15) is 20.7 Å². The van der Waals surface area contributed by atoms with Gasteiger partial charge in [-0.1, -0.05) is 0 Å². The van der Waals surface area contributed by atoms with Gasteiger partial charge in [-0.15, -0.1) is 0 Å². The Hall–Kier alpha value is -4.22. The molecule has 2 rings (SSSR count). The Morgan fingerprint density at radius 2 is 1.39 bits per heavy atom. The van der Waals surface area contributed by atoms with E-state index in [1.54, 1.807) is 0 Å². The van der Waals surface area contributed by atoms with Crippen molar-refractivity contribution in [1.82, 2.24) is 10.9 Å². The van der Waals surface area contributed by atoms with Crippen LogP contribution in [0, 0.1) is 20.2 Å². The average Bonchev–Trinajstić information content (AvgIpc) is 2.70. The lowest BCUT2D eigenvalue weighted by atomic mass is 10.1. The van der Waals surface area contributed by atoms with Gasteiger partial charge in [-0.2, -0.15) is 0 Å². The van der Waals surface area contributed by atoms with E-state index in [0.29, 0.717) is 0 Å². The Morgan fingerprint density at radius 1 is 0.857 bits per heavy atom. The summed E-state index contributed by atoms with van der Waals surface area (Å²) in [5.74, 6) is -1.60. The number of hydrazine groups is 1. The number of nitrogens with zero attached hydrogens (tertiary/aromatic N) is 2. The van der Waals surface area contributed by atoms with Crippen LogP contribution in [0.4, 0.5) is 11.4 Å². The first-order valence-corrected chi connectivity index (χ1v) is 7.54. The minimum atomic E-state index is -0.970. The van der Waals surface area contributed by atoms with Crippen molar-refractivity contribution in [3.05, 3.63) is 67.8 Å². The monoisotopic (exact) mass is 390 g/mol. The van der Waals surface area contributed by atoms with E-state index in [4.69, 9.17) is 9.47 Å². The summed E-state index contributed by atoms with van der Waals surface area (Å²) in [5.41, 5.74) is 3.02. The number of rotatable bonds is 6. The van der Waals surface area contributed by atoms with Gasteiger partial charge in [0.15, 0.2) is 11.5 Å². The molecular formula is C16H14N4O8. The molecule has 0 saturated heterocycles. The van der Waals surface area contributed by atoms with Crippen molar-refractivity contribution in [1.29, 1.82) is 0 Å². The van der Waals surface area contributed by atoms with Gasteiger partial charge in [0.25, 0.3) is 23.2 Å². The summed E-state index contributed by atoms with van der Waals surface area (Å²) in [4.78, 5) is 44.8. The highest BCUT2D eigenvalue weighted by atomic mass is 16.6. The number of hydrogen-bond donors (Lipinski definition) is 2. The van der Waals surface area contributed by atoms with Gasteiger partial charge < -0.3 is 9.47 Å². The summed E-state index contributed by atoms with van der Waals surface area (Å²) >= 11 is 0. The fraction of sp³-hybridized carbons (Fsp3) is 0.125. The maximum atomic E-state index is 12.3. The molecule has 146 valence electrons. The average molecular weight is 390 g/mol. The molecule has 0 aliphatic heterocycles. The third-order valence-electron chi connectivity index (χ3n) is 3.57. The molecule has 28 heavy (non-hydrogen) atoms. The van der Waals surface area contributed by atoms with Crippen molar-refractivity contribution >= 4 is 23.2 Å². The Morgan fingerprint density at radius 3 is 1.89 bits per heavy atom. The normalized spacial score (nSPS) is 9.93. The van der Waals surface area contributed by atoms with Crippen LogP contribution >= 0.6 is 0 Å². The molecule has 0 heterocycles. The smallest absolute Gasteiger partial charge is 0.286 e. The third-order valence-corrected chi connectivity index (χ3v) is 3.57. The molecule has 0 aliphatic rings. The quantitative estimate of drug-likeness (QED) is 0.555. The van der Waals surface area contributed by atoms with Crippen molar-refractivity contribution in [3.63, 3.8) is 0 Å². The molecule has 2 N–H and O–H groups in total. The SMILES string of the molecule is COc1cc(C(=O)NNC(=O)c2ccc([N+](=O)[O-])cc2)c([N+](=O)[O-])cc1OC. The molecule has 0 spiro atoms. The molecule has 0 bridgehead atoms. The van der Waals surface area contributed by atoms with Crippen molar-refractivity contribution in [2.45, 2.75) is 0 Å². The molecule has 0 aromatic heterocycles. The Labute approximate surface area is 157 Å². The second-order valence-corrected chi connectivity index (χ2v) is 5.19. The standard InChI is InChI=1S/C16H14N4O8/c1-27-13-7-11(12(20(25)26)8-14(13)28-2)16(22)18-17-15(21)9-3-5-10(6-4-9)19(23)24/h3-8H,1-2H3,(H,17,21)(H,18,22). The van der Waals surface area contributed by atoms with Gasteiger partial charge >= 0.3 is 0 Å². The molecule has 0 atom stereocenters. The van der Waals surface area contributed by atoms with Crippen LogP contribution in [-0.4, -0.2) is 35.9 Å². The number of methoxy groups -OCH3 is 2. The van der Waals surface area contributed by atoms with Gasteiger partial charge in [0.05, 0.1) is 30.1 Å². The lowest BCUT2D eigenvalue weighted by Gasteiger charge is -2.11. The first-order valence-electron chi connectivity index (χ1n) is 7.54. The van der Waals surface area contributed by atoms with Crippen LogP contribution in [0.25, 0.3) is 0 Å². The maximum absolute atomic E-state index is 12.3. The molecule has 0 fully saturated rings. The minimum Gasteiger partial charge on any atom is -0.493 e. The zero-order valence-electron chi connectivity index (χ0n) is 14.6. The van der Waals surface area contributed by atoms with Crippen LogP contribution in [0.15, 0.2) is 36.4 Å². The number of benzene rings is 2. The fourth-order valence-corrected chi connectivity index (χ4v) is 2.19. The van der Waals surface area contributed by atoms with E-state index in [1.165, 1.54) is 26.4 Å². The van der Waals surface area contributed by atoms with E-state index >= 15 is 0 Å². The van der Waals surface area contributed by atoms with E-state index in [-0.39, 0.29) is 28.3 Å². The van der Waals surface area contributed by atoms with Crippen molar-refractivity contribution in [2.24, 2.45) is 0 Å². The van der Waals surface area contributed by atoms with E-state index in [0.717, 1.165) is 24.3 Å². The number of amides is 2. The van der Waals surface area contributed by atoms with E-state index in [9.17, 15) is 29.8 Å². The predicted molar refractivity (Wildman–Crippen MR) is 94.2 cm³/mol. The summed E-state index contributed by atoms with van der Waals surface area (Å²) in [5, 5.41) is 21.8. The number of nitrogens with one attached hydrogen (secondary N) is 2. The van der Waals surface area contributed by atoms with E-state index in [2.05, 4.69) is 5.43 Å². The zero-order chi connectivity index (χ0) is 20.8. The largest absolute Gasteiger partial charge is 0.493 e. The van der Waals surface area contributed by atoms with Crippen molar-refractivity contribution < 1.29 is 28.9 Å². The van der Waals surface area contributed by atoms with Gasteiger partial charge in [0.1, 0.15) is 5.56 Å². The highest BCUT2D eigenvalue weighted by Gasteiger charge is 2.25. The molecule has 12 heteroatoms. The molecule has 2 aromatic rings. The fourth-order valence-electron chi connectivity index (χ4n) is 2.19. The molecule has 2 amide bonds. The third kappa shape index (κ3) is 4.30. The summed E-state index contributed by atoms with van der Waals surface area (Å²) in [7, 11) is 2.58. The van der Waals surface area contributed by atoms with E-state index in [1.807, 2.05) is 5.43 Å². The molecule has 0 radical (unpaired) electrons. The Bertz CT molecular complexity index is 942. The van der Waals surface area contributed by atoms with Crippen LogP contribution in [0.2, 0.25) is 0 Å². The topological polar surface area (TPSA) is 163 Å². The molecule has 0 unspecified atom stereocenters. The number of carbonyl (C=O) groups excluding carboxylic acids is 2. The van der Waals surface area contributed by atoms with Crippen LogP contribution < -0.4 is 20.3 Å². The number of nitro benzene ring substituents is 2. The first kappa shape index (κ1) is 20.1. The number of non-ortho nitro benzene ring substituents is 1. The predicted octanol–water partition coefficient (Wildman–Crippen LogP) is 1.59. The van der Waals surface area contributed by atoms with Crippen LogP contribution in [0.3, 0.4) is 0 Å². The molecule has 0 saturated carbocycles. The summed E-state index contributed by atoms with van der Waals surface area (Å²) in [6.07, 6.45) is 0. The Balaban J connectivity index is 2.19. The van der Waals surface area contributed by atoms with Gasteiger partial charge in [0.2, 0.25) is 0 Å². The number of carbonyl (C=O) groups is 2. The highest BCUT2D eigenvalue weighted by Crippen LogP contribution is 2.34. The lowest BCUT2D eigenvalue weighted by Crippen LogP contribution is -2.41. The number of hydrogen-bond acceptors (Lipinski definition) is 8. The van der Waals surface area contributed by atoms with Gasteiger partial charge in [-0.05, 0) is 12.1 Å². The first-order chi connectivity index (χ1) is 13.3. The Kier molecular flexibility index (Phi) is 6.06. The number of ether oxygens (including phenoxy) is 2. The summed E-state index contributed by atoms with van der Waals surface area (Å²) in [6.45, 7) is 0. The summed E-state index contributed by atoms with van der Waals surface area (Å²) < 4.78 is 9.98. The molecule has 2 aromatic carbocycles. The zero-order valence-corrected chi connectivity index (χ0v) is 14.6. The molecular weight excluding hydrogens is 376 g/mol. The van der Waals surface area contributed by atoms with Crippen LogP contribution in [0.5, 0.6) is 11.5 Å². The van der Waals surface area contributed by atoms with Crippen molar-refractivity contribution in [3.8, 4) is 11.5 Å². The molecule has 0 aliphatic carbocycles. The lowest BCUT2D eigenvalue weighted by molar-refractivity contribution is -0.385. The number of nitro groups is 2. The second kappa shape index (κ2) is 8.44. The second-order valence-electron chi connectivity index (χ2n) is 5.19. The highest BCUT2D eigenvalue weighted by molar-refractivity contribution is 6.01. The van der Waals surface area contributed by atoms with Gasteiger partial charge in [-0.25, -0.2) is 0 Å². The maximum Gasteiger partial charge on any atom is 0.286 e. The summed E-state index contributed by atoms with van der Waals surface area (Å²) in [6, 6.07) is 6.75. The molecule has 12 nitrogen and oxygen atoms in total. The van der Waals surface area contributed by atoms with Crippen molar-refractivity contribution in [2.75, 3.05) is 14.2 Å². The van der Waals surface area contributed by atoms with Crippen LogP contribution in [-0.2, 0) is 0 Å². The minimum absolute atomic E-state index is 0.0349. The van der Waals surface area contributed by atoms with E-state index < -0.39 is 27.3 Å².